The molecule has 1 aromatic heterocycles. The van der Waals surface area contributed by atoms with E-state index < -0.39 is 0 Å². The normalized spacial score (nSPS) is 19.1. The third kappa shape index (κ3) is 4.28. The summed E-state index contributed by atoms with van der Waals surface area (Å²) >= 11 is 1.68. The van der Waals surface area contributed by atoms with Crippen LogP contribution in [-0.2, 0) is 11.2 Å². The van der Waals surface area contributed by atoms with Crippen molar-refractivity contribution in [2.24, 2.45) is 0 Å². The number of aliphatic hydroxyl groups is 1. The molecule has 3 rings (SSSR count). The third-order valence-electron chi connectivity index (χ3n) is 4.31. The van der Waals surface area contributed by atoms with Crippen molar-refractivity contribution in [1.82, 2.24) is 15.2 Å². The van der Waals surface area contributed by atoms with Gasteiger partial charge in [-0.3, -0.25) is 9.69 Å². The number of nitrogens with zero attached hydrogens (tertiary/aromatic N) is 2. The zero-order chi connectivity index (χ0) is 16.1. The zero-order valence-electron chi connectivity index (χ0n) is 13.2. The Labute approximate surface area is 140 Å². The molecule has 2 heterocycles. The average molecular weight is 333 g/mol. The van der Waals surface area contributed by atoms with Gasteiger partial charge < -0.3 is 10.4 Å². The first-order chi connectivity index (χ1) is 11.3. The van der Waals surface area contributed by atoms with Crippen molar-refractivity contribution < 1.29 is 9.90 Å². The third-order valence-corrected chi connectivity index (χ3v) is 5.40. The lowest BCUT2D eigenvalue weighted by atomic mass is 10.0. The molecule has 1 saturated heterocycles. The first-order valence-electron chi connectivity index (χ1n) is 8.22. The summed E-state index contributed by atoms with van der Waals surface area (Å²) in [7, 11) is 0. The van der Waals surface area contributed by atoms with Gasteiger partial charge in [0.1, 0.15) is 0 Å². The summed E-state index contributed by atoms with van der Waals surface area (Å²) in [5.41, 5.74) is 1.03. The van der Waals surface area contributed by atoms with Gasteiger partial charge in [-0.05, 0) is 31.5 Å². The Balaban J connectivity index is 1.45. The minimum absolute atomic E-state index is 0.0338. The fourth-order valence-electron chi connectivity index (χ4n) is 3.05. The highest BCUT2D eigenvalue weighted by Gasteiger charge is 2.23. The van der Waals surface area contributed by atoms with Crippen molar-refractivity contribution in [2.75, 3.05) is 26.2 Å². The molecule has 23 heavy (non-hydrogen) atoms. The number of carbonyl (C=O) groups is 1. The molecular weight excluding hydrogens is 310 g/mol. The van der Waals surface area contributed by atoms with Gasteiger partial charge >= 0.3 is 0 Å². The Kier molecular flexibility index (Phi) is 5.59. The Morgan fingerprint density at radius 3 is 3.09 bits per heavy atom. The Morgan fingerprint density at radius 1 is 1.39 bits per heavy atom. The average Bonchev–Trinajstić information content (AvgIpc) is 2.98. The minimum atomic E-state index is 0.0338. The second-order valence-corrected chi connectivity index (χ2v) is 7.09. The van der Waals surface area contributed by atoms with Gasteiger partial charge in [-0.2, -0.15) is 0 Å². The van der Waals surface area contributed by atoms with Crippen LogP contribution in [0.2, 0.25) is 0 Å². The summed E-state index contributed by atoms with van der Waals surface area (Å²) in [5.74, 6) is 0.0338. The van der Waals surface area contributed by atoms with Crippen LogP contribution in [0, 0.1) is 0 Å². The van der Waals surface area contributed by atoms with Gasteiger partial charge in [-0.1, -0.05) is 18.6 Å². The standard InChI is InChI=1S/C17H23N3O2S/c21-12-13-5-3-4-10-20(13)11-16(22)18-9-8-17-19-14-6-1-2-7-15(14)23-17/h1-2,6-7,13,21H,3-5,8-12H2,(H,18,22). The van der Waals surface area contributed by atoms with Crippen molar-refractivity contribution in [3.05, 3.63) is 29.3 Å². The molecular formula is C17H23N3O2S. The fourth-order valence-corrected chi connectivity index (χ4v) is 4.02. The highest BCUT2D eigenvalue weighted by atomic mass is 32.1. The van der Waals surface area contributed by atoms with Crippen LogP contribution in [0.1, 0.15) is 24.3 Å². The molecule has 1 aromatic carbocycles. The van der Waals surface area contributed by atoms with E-state index in [0.29, 0.717) is 13.1 Å². The van der Waals surface area contributed by atoms with E-state index in [4.69, 9.17) is 0 Å². The van der Waals surface area contributed by atoms with Gasteiger partial charge in [0.05, 0.1) is 28.4 Å². The van der Waals surface area contributed by atoms with Crippen LogP contribution in [0.3, 0.4) is 0 Å². The molecule has 0 bridgehead atoms. The largest absolute Gasteiger partial charge is 0.395 e. The number of benzene rings is 1. The number of nitrogens with one attached hydrogen (secondary N) is 1. The molecule has 1 aliphatic heterocycles. The summed E-state index contributed by atoms with van der Waals surface area (Å²) < 4.78 is 1.19. The van der Waals surface area contributed by atoms with E-state index in [2.05, 4.69) is 21.3 Å². The number of carbonyl (C=O) groups excluding carboxylic acids is 1. The molecule has 6 heteroatoms. The van der Waals surface area contributed by atoms with Gasteiger partial charge in [0.25, 0.3) is 0 Å². The summed E-state index contributed by atoms with van der Waals surface area (Å²) in [4.78, 5) is 18.8. The van der Waals surface area contributed by atoms with E-state index in [-0.39, 0.29) is 18.6 Å². The number of piperidine rings is 1. The van der Waals surface area contributed by atoms with Gasteiger partial charge in [-0.15, -0.1) is 11.3 Å². The number of fused-ring (bicyclic) bond motifs is 1. The monoisotopic (exact) mass is 333 g/mol. The highest BCUT2D eigenvalue weighted by molar-refractivity contribution is 7.18. The fraction of sp³-hybridized carbons (Fsp3) is 0.529. The smallest absolute Gasteiger partial charge is 0.234 e. The van der Waals surface area contributed by atoms with Crippen molar-refractivity contribution in [3.8, 4) is 0 Å². The number of hydrogen-bond acceptors (Lipinski definition) is 5. The predicted molar refractivity (Wildman–Crippen MR) is 92.6 cm³/mol. The molecule has 0 spiro atoms. The lowest BCUT2D eigenvalue weighted by Crippen LogP contribution is -2.47. The van der Waals surface area contributed by atoms with Crippen LogP contribution in [-0.4, -0.2) is 53.2 Å². The number of rotatable bonds is 6. The van der Waals surface area contributed by atoms with E-state index in [0.717, 1.165) is 42.8 Å². The van der Waals surface area contributed by atoms with Gasteiger partial charge in [0.2, 0.25) is 5.91 Å². The summed E-state index contributed by atoms with van der Waals surface area (Å²) in [6.45, 7) is 2.02. The summed E-state index contributed by atoms with van der Waals surface area (Å²) in [5, 5.41) is 13.4. The van der Waals surface area contributed by atoms with Gasteiger partial charge in [0.15, 0.2) is 0 Å². The Morgan fingerprint density at radius 2 is 2.26 bits per heavy atom. The van der Waals surface area contributed by atoms with Crippen molar-refractivity contribution in [1.29, 1.82) is 0 Å². The van der Waals surface area contributed by atoms with E-state index >= 15 is 0 Å². The maximum Gasteiger partial charge on any atom is 0.234 e. The number of hydrogen-bond donors (Lipinski definition) is 2. The molecule has 2 aromatic rings. The number of aromatic nitrogens is 1. The van der Waals surface area contributed by atoms with Crippen molar-refractivity contribution >= 4 is 27.5 Å². The van der Waals surface area contributed by atoms with E-state index in [1.165, 1.54) is 4.70 Å². The molecule has 1 atom stereocenters. The maximum absolute atomic E-state index is 12.1. The van der Waals surface area contributed by atoms with Crippen LogP contribution < -0.4 is 5.32 Å². The lowest BCUT2D eigenvalue weighted by molar-refractivity contribution is -0.123. The molecule has 0 aliphatic carbocycles. The highest BCUT2D eigenvalue weighted by Crippen LogP contribution is 2.21. The van der Waals surface area contributed by atoms with Crippen LogP contribution in [0.5, 0.6) is 0 Å². The van der Waals surface area contributed by atoms with E-state index in [9.17, 15) is 9.90 Å². The van der Waals surface area contributed by atoms with Crippen molar-refractivity contribution in [3.63, 3.8) is 0 Å². The number of aliphatic hydroxyl groups excluding tert-OH is 1. The number of likely N-dealkylation sites (tertiary alicyclic amines) is 1. The maximum atomic E-state index is 12.1. The Bertz CT molecular complexity index is 625. The van der Waals surface area contributed by atoms with Crippen molar-refractivity contribution in [2.45, 2.75) is 31.7 Å². The molecule has 124 valence electrons. The molecule has 0 saturated carbocycles. The molecule has 1 aliphatic rings. The van der Waals surface area contributed by atoms with E-state index in [1.807, 2.05) is 18.2 Å². The van der Waals surface area contributed by atoms with Crippen LogP contribution in [0.15, 0.2) is 24.3 Å². The SMILES string of the molecule is O=C(CN1CCCCC1CO)NCCc1nc2ccccc2s1. The topological polar surface area (TPSA) is 65.5 Å². The van der Waals surface area contributed by atoms with E-state index in [1.54, 1.807) is 11.3 Å². The summed E-state index contributed by atoms with van der Waals surface area (Å²) in [6.07, 6.45) is 3.99. The number of para-hydroxylation sites is 1. The zero-order valence-corrected chi connectivity index (χ0v) is 14.0. The van der Waals surface area contributed by atoms with Crippen LogP contribution in [0.4, 0.5) is 0 Å². The molecule has 5 nitrogen and oxygen atoms in total. The molecule has 1 amide bonds. The molecule has 0 radical (unpaired) electrons. The van der Waals surface area contributed by atoms with Crippen LogP contribution >= 0.6 is 11.3 Å². The first-order valence-corrected chi connectivity index (χ1v) is 9.04. The minimum Gasteiger partial charge on any atom is -0.395 e. The molecule has 1 fully saturated rings. The molecule has 2 N–H and O–H groups in total. The second kappa shape index (κ2) is 7.86. The quantitative estimate of drug-likeness (QED) is 0.846. The second-order valence-electron chi connectivity index (χ2n) is 5.98. The predicted octanol–water partition coefficient (Wildman–Crippen LogP) is 1.80. The van der Waals surface area contributed by atoms with Gasteiger partial charge in [-0.25, -0.2) is 4.98 Å². The first kappa shape index (κ1) is 16.4. The molecule has 1 unspecified atom stereocenters. The lowest BCUT2D eigenvalue weighted by Gasteiger charge is -2.33. The Hall–Kier alpha value is -1.50. The van der Waals surface area contributed by atoms with Crippen LogP contribution in [0.25, 0.3) is 10.2 Å². The number of amides is 1. The number of thiazole rings is 1. The summed E-state index contributed by atoms with van der Waals surface area (Å²) in [6, 6.07) is 8.23. The van der Waals surface area contributed by atoms with Gasteiger partial charge in [0, 0.05) is 19.0 Å².